The molecule has 3 heterocycles. The van der Waals surface area contributed by atoms with Gasteiger partial charge in [0.15, 0.2) is 0 Å². The molecule has 3 aromatic heterocycles. The molecule has 0 atom stereocenters. The van der Waals surface area contributed by atoms with Gasteiger partial charge in [-0.25, -0.2) is 0 Å². The average molecular weight is 365 g/mol. The van der Waals surface area contributed by atoms with Crippen LogP contribution in [0.5, 0.6) is 0 Å². The fourth-order valence-electron chi connectivity index (χ4n) is 3.32. The molecule has 0 aliphatic rings. The van der Waals surface area contributed by atoms with Gasteiger partial charge in [0.25, 0.3) is 11.1 Å². The van der Waals surface area contributed by atoms with Crippen LogP contribution < -0.4 is 11.1 Å². The van der Waals surface area contributed by atoms with Gasteiger partial charge in [-0.1, -0.05) is 35.0 Å². The van der Waals surface area contributed by atoms with Crippen LogP contribution in [-0.4, -0.2) is 25.6 Å². The lowest BCUT2D eigenvalue weighted by Gasteiger charge is -2.11. The van der Waals surface area contributed by atoms with Crippen LogP contribution in [0.15, 0.2) is 44.4 Å². The van der Waals surface area contributed by atoms with Crippen molar-refractivity contribution in [2.24, 2.45) is 0 Å². The van der Waals surface area contributed by atoms with Crippen molar-refractivity contribution < 1.29 is 4.52 Å². The van der Waals surface area contributed by atoms with Crippen LogP contribution >= 0.6 is 0 Å². The number of nitrogens with one attached hydrogen (secondary N) is 4. The van der Waals surface area contributed by atoms with Gasteiger partial charge in [0.1, 0.15) is 11.5 Å². The molecule has 8 nitrogen and oxygen atoms in total. The fourth-order valence-corrected chi connectivity index (χ4v) is 3.32. The molecule has 0 unspecified atom stereocenters. The summed E-state index contributed by atoms with van der Waals surface area (Å²) < 4.78 is 5.60. The standard InChI is InChI=1S/C19H19N5O3/c1-9-4-6-12(7-5-9)13-8-14(27-24-13)17(15-10(2)20-22-18(15)25)16-11(3)21-23-19(16)26/h4-8,17H,1-3H3,(H2,20,22,25)(H2,21,23,26). The molecule has 0 aliphatic heterocycles. The van der Waals surface area contributed by atoms with Gasteiger partial charge in [-0.05, 0) is 20.8 Å². The van der Waals surface area contributed by atoms with Gasteiger partial charge in [0, 0.05) is 23.0 Å². The van der Waals surface area contributed by atoms with E-state index in [1.807, 2.05) is 31.2 Å². The molecule has 27 heavy (non-hydrogen) atoms. The highest BCUT2D eigenvalue weighted by molar-refractivity contribution is 5.60. The summed E-state index contributed by atoms with van der Waals surface area (Å²) in [5, 5.41) is 14.9. The Bertz CT molecular complexity index is 1150. The molecule has 0 aliphatic carbocycles. The summed E-state index contributed by atoms with van der Waals surface area (Å²) in [6.07, 6.45) is 0. The van der Waals surface area contributed by atoms with Crippen LogP contribution in [0.25, 0.3) is 11.3 Å². The highest BCUT2D eigenvalue weighted by atomic mass is 16.5. The van der Waals surface area contributed by atoms with E-state index in [9.17, 15) is 9.59 Å². The SMILES string of the molecule is Cc1ccc(-c2cc(C(c3c(C)[nH][nH]c3=O)c3c(C)[nH][nH]c3=O)on2)cc1. The van der Waals surface area contributed by atoms with E-state index in [4.69, 9.17) is 4.52 Å². The highest BCUT2D eigenvalue weighted by Crippen LogP contribution is 2.33. The summed E-state index contributed by atoms with van der Waals surface area (Å²) in [7, 11) is 0. The number of H-pyrrole nitrogens is 4. The van der Waals surface area contributed by atoms with Gasteiger partial charge in [0.2, 0.25) is 0 Å². The van der Waals surface area contributed by atoms with Crippen molar-refractivity contribution in [2.45, 2.75) is 26.7 Å². The third kappa shape index (κ3) is 2.84. The molecule has 0 fully saturated rings. The fraction of sp³-hybridized carbons (Fsp3) is 0.211. The first-order valence-corrected chi connectivity index (χ1v) is 8.53. The highest BCUT2D eigenvalue weighted by Gasteiger charge is 2.31. The maximum Gasteiger partial charge on any atom is 0.268 e. The van der Waals surface area contributed by atoms with Crippen molar-refractivity contribution in [2.75, 3.05) is 0 Å². The van der Waals surface area contributed by atoms with Crippen LogP contribution in [0.4, 0.5) is 0 Å². The lowest BCUT2D eigenvalue weighted by Crippen LogP contribution is -2.19. The molecule has 138 valence electrons. The monoisotopic (exact) mass is 365 g/mol. The summed E-state index contributed by atoms with van der Waals surface area (Å²) in [4.78, 5) is 24.8. The van der Waals surface area contributed by atoms with Crippen molar-refractivity contribution in [3.05, 3.63) is 84.9 Å². The van der Waals surface area contributed by atoms with E-state index in [0.717, 1.165) is 11.1 Å². The zero-order valence-electron chi connectivity index (χ0n) is 15.1. The van der Waals surface area contributed by atoms with Gasteiger partial charge in [-0.3, -0.25) is 19.8 Å². The molecule has 4 N–H and O–H groups in total. The first-order chi connectivity index (χ1) is 13.0. The normalized spacial score (nSPS) is 11.4. The van der Waals surface area contributed by atoms with E-state index in [1.54, 1.807) is 19.9 Å². The second kappa shape index (κ2) is 6.31. The minimum Gasteiger partial charge on any atom is -0.360 e. The van der Waals surface area contributed by atoms with Crippen molar-refractivity contribution in [3.8, 4) is 11.3 Å². The Morgan fingerprint density at radius 1 is 0.852 bits per heavy atom. The van der Waals surface area contributed by atoms with E-state index >= 15 is 0 Å². The Morgan fingerprint density at radius 3 is 1.89 bits per heavy atom. The average Bonchev–Trinajstić information content (AvgIpc) is 3.34. The van der Waals surface area contributed by atoms with Gasteiger partial charge in [-0.2, -0.15) is 0 Å². The number of aromatic amines is 4. The summed E-state index contributed by atoms with van der Waals surface area (Å²) in [5.41, 5.74) is 4.21. The van der Waals surface area contributed by atoms with E-state index < -0.39 is 5.92 Å². The summed E-state index contributed by atoms with van der Waals surface area (Å²) in [6.45, 7) is 5.55. The van der Waals surface area contributed by atoms with E-state index in [1.165, 1.54) is 0 Å². The molecule has 4 aromatic rings. The molecule has 1 aromatic carbocycles. The van der Waals surface area contributed by atoms with Crippen LogP contribution in [0, 0.1) is 20.8 Å². The molecule has 8 heteroatoms. The third-order valence-electron chi connectivity index (χ3n) is 4.76. The lowest BCUT2D eigenvalue weighted by atomic mass is 9.89. The first-order valence-electron chi connectivity index (χ1n) is 8.53. The minimum atomic E-state index is -0.679. The number of rotatable bonds is 4. The molecular formula is C19H19N5O3. The first kappa shape index (κ1) is 16.9. The number of aryl methyl sites for hydroxylation is 3. The minimum absolute atomic E-state index is 0.300. The number of hydrogen-bond acceptors (Lipinski definition) is 4. The summed E-state index contributed by atoms with van der Waals surface area (Å²) in [5.74, 6) is -0.256. The van der Waals surface area contributed by atoms with Crippen molar-refractivity contribution in [1.82, 2.24) is 25.6 Å². The smallest absolute Gasteiger partial charge is 0.268 e. The summed E-state index contributed by atoms with van der Waals surface area (Å²) in [6, 6.07) is 9.66. The second-order valence-corrected chi connectivity index (χ2v) is 6.65. The Labute approximate surface area is 153 Å². The molecule has 0 bridgehead atoms. The molecular weight excluding hydrogens is 346 g/mol. The Hall–Kier alpha value is -3.55. The number of nitrogens with zero attached hydrogens (tertiary/aromatic N) is 1. The van der Waals surface area contributed by atoms with Crippen LogP contribution in [0.2, 0.25) is 0 Å². The number of benzene rings is 1. The van der Waals surface area contributed by atoms with Crippen LogP contribution in [0.1, 0.15) is 39.8 Å². The molecule has 4 rings (SSSR count). The zero-order chi connectivity index (χ0) is 19.1. The number of aromatic nitrogens is 5. The zero-order valence-corrected chi connectivity index (χ0v) is 15.1. The molecule has 0 radical (unpaired) electrons. The Kier molecular flexibility index (Phi) is 3.95. The molecule has 0 saturated carbocycles. The maximum atomic E-state index is 12.4. The van der Waals surface area contributed by atoms with Gasteiger partial charge >= 0.3 is 0 Å². The Balaban J connectivity index is 1.89. The predicted octanol–water partition coefficient (Wildman–Crippen LogP) is 2.48. The van der Waals surface area contributed by atoms with E-state index in [-0.39, 0.29) is 11.1 Å². The predicted molar refractivity (Wildman–Crippen MR) is 99.9 cm³/mol. The topological polar surface area (TPSA) is 123 Å². The van der Waals surface area contributed by atoms with Crippen molar-refractivity contribution in [3.63, 3.8) is 0 Å². The molecule has 0 spiro atoms. The van der Waals surface area contributed by atoms with Gasteiger partial charge in [0.05, 0.1) is 17.0 Å². The van der Waals surface area contributed by atoms with Gasteiger partial charge < -0.3 is 14.7 Å². The van der Waals surface area contributed by atoms with Crippen LogP contribution in [0.3, 0.4) is 0 Å². The third-order valence-corrected chi connectivity index (χ3v) is 4.76. The van der Waals surface area contributed by atoms with Crippen LogP contribution in [-0.2, 0) is 0 Å². The maximum absolute atomic E-state index is 12.4. The van der Waals surface area contributed by atoms with Crippen molar-refractivity contribution in [1.29, 1.82) is 0 Å². The second-order valence-electron chi connectivity index (χ2n) is 6.65. The molecule has 0 saturated heterocycles. The summed E-state index contributed by atoms with van der Waals surface area (Å²) >= 11 is 0. The van der Waals surface area contributed by atoms with E-state index in [2.05, 4.69) is 25.6 Å². The number of hydrogen-bond donors (Lipinski definition) is 4. The lowest BCUT2D eigenvalue weighted by molar-refractivity contribution is 0.381. The Morgan fingerprint density at radius 2 is 1.41 bits per heavy atom. The van der Waals surface area contributed by atoms with Crippen molar-refractivity contribution >= 4 is 0 Å². The molecule has 0 amide bonds. The van der Waals surface area contributed by atoms with E-state index in [0.29, 0.717) is 34.0 Å². The largest absolute Gasteiger partial charge is 0.360 e. The van der Waals surface area contributed by atoms with Gasteiger partial charge in [-0.15, -0.1) is 0 Å². The quantitative estimate of drug-likeness (QED) is 0.443.